The summed E-state index contributed by atoms with van der Waals surface area (Å²) in [6, 6.07) is 21.7. The van der Waals surface area contributed by atoms with Gasteiger partial charge in [-0.25, -0.2) is 4.79 Å². The van der Waals surface area contributed by atoms with Crippen LogP contribution in [0.5, 0.6) is 0 Å². The van der Waals surface area contributed by atoms with E-state index in [0.29, 0.717) is 16.1 Å². The molecule has 4 nitrogen and oxygen atoms in total. The Labute approximate surface area is 179 Å². The van der Waals surface area contributed by atoms with E-state index in [2.05, 4.69) is 17.2 Å². The number of amides is 1. The molecule has 0 saturated carbocycles. The maximum absolute atomic E-state index is 12.9. The van der Waals surface area contributed by atoms with Gasteiger partial charge in [0.25, 0.3) is 5.91 Å². The van der Waals surface area contributed by atoms with E-state index in [1.165, 1.54) is 0 Å². The summed E-state index contributed by atoms with van der Waals surface area (Å²) < 4.78 is 0. The molecule has 30 heavy (non-hydrogen) atoms. The molecule has 0 atom stereocenters. The lowest BCUT2D eigenvalue weighted by Gasteiger charge is -2.25. The summed E-state index contributed by atoms with van der Waals surface area (Å²) in [5, 5.41) is 13.1. The van der Waals surface area contributed by atoms with E-state index in [4.69, 9.17) is 11.6 Å². The number of fused-ring (bicyclic) bond motifs is 1. The third kappa shape index (κ3) is 3.94. The van der Waals surface area contributed by atoms with Crippen LogP contribution < -0.4 is 5.32 Å². The summed E-state index contributed by atoms with van der Waals surface area (Å²) in [6.07, 6.45) is 0.497. The maximum atomic E-state index is 12.9. The summed E-state index contributed by atoms with van der Waals surface area (Å²) in [5.74, 6) is 4.49. The van der Waals surface area contributed by atoms with Gasteiger partial charge in [-0.05, 0) is 41.5 Å². The fraction of sp³-hybridized carbons (Fsp3) is 0.120. The van der Waals surface area contributed by atoms with E-state index in [9.17, 15) is 14.7 Å². The number of halogens is 1. The van der Waals surface area contributed by atoms with Gasteiger partial charge in [0.2, 0.25) is 0 Å². The van der Waals surface area contributed by atoms with Crippen LogP contribution in [-0.2, 0) is 17.6 Å². The van der Waals surface area contributed by atoms with E-state index >= 15 is 0 Å². The first-order valence-corrected chi connectivity index (χ1v) is 9.84. The number of rotatable bonds is 3. The average molecular weight is 416 g/mol. The molecule has 2 N–H and O–H groups in total. The molecular formula is C25H18ClNO3. The van der Waals surface area contributed by atoms with Gasteiger partial charge in [0.15, 0.2) is 0 Å². The van der Waals surface area contributed by atoms with Gasteiger partial charge in [0.05, 0.1) is 5.02 Å². The van der Waals surface area contributed by atoms with Crippen LogP contribution in [0.3, 0.4) is 0 Å². The summed E-state index contributed by atoms with van der Waals surface area (Å²) >= 11 is 6.25. The fourth-order valence-corrected chi connectivity index (χ4v) is 3.79. The lowest BCUT2D eigenvalue weighted by atomic mass is 9.95. The molecule has 148 valence electrons. The summed E-state index contributed by atoms with van der Waals surface area (Å²) in [6.45, 7) is 0. The Morgan fingerprint density at radius 1 is 0.900 bits per heavy atom. The van der Waals surface area contributed by atoms with E-state index in [1.807, 2.05) is 54.6 Å². The summed E-state index contributed by atoms with van der Waals surface area (Å²) in [7, 11) is 0. The Hall–Kier alpha value is -3.55. The number of hydrogen-bond acceptors (Lipinski definition) is 2. The lowest BCUT2D eigenvalue weighted by molar-refractivity contribution is -0.144. The minimum Gasteiger partial charge on any atom is -0.479 e. The van der Waals surface area contributed by atoms with E-state index in [-0.39, 0.29) is 12.8 Å². The zero-order chi connectivity index (χ0) is 21.1. The quantitative estimate of drug-likeness (QED) is 0.633. The van der Waals surface area contributed by atoms with Crippen LogP contribution in [-0.4, -0.2) is 22.5 Å². The predicted molar refractivity (Wildman–Crippen MR) is 116 cm³/mol. The zero-order valence-corrected chi connectivity index (χ0v) is 16.7. The number of carbonyl (C=O) groups is 2. The molecule has 1 aliphatic carbocycles. The van der Waals surface area contributed by atoms with Crippen molar-refractivity contribution in [2.45, 2.75) is 18.4 Å². The van der Waals surface area contributed by atoms with Gasteiger partial charge in [-0.1, -0.05) is 65.9 Å². The molecule has 0 heterocycles. The molecule has 0 radical (unpaired) electrons. The first kappa shape index (κ1) is 19.8. The van der Waals surface area contributed by atoms with Crippen LogP contribution in [0.4, 0.5) is 0 Å². The number of carboxylic acids is 1. The van der Waals surface area contributed by atoms with Gasteiger partial charge in [-0.2, -0.15) is 0 Å². The Bertz CT molecular complexity index is 1170. The predicted octanol–water partition coefficient (Wildman–Crippen LogP) is 4.09. The van der Waals surface area contributed by atoms with Crippen LogP contribution in [0.15, 0.2) is 72.8 Å². The molecule has 0 saturated heterocycles. The average Bonchev–Trinajstić information content (AvgIpc) is 3.13. The van der Waals surface area contributed by atoms with Crippen LogP contribution in [0.1, 0.15) is 32.6 Å². The minimum atomic E-state index is -1.36. The van der Waals surface area contributed by atoms with Gasteiger partial charge in [-0.3, -0.25) is 4.79 Å². The molecule has 0 aliphatic heterocycles. The molecule has 5 heteroatoms. The Morgan fingerprint density at radius 2 is 1.53 bits per heavy atom. The Balaban J connectivity index is 1.59. The smallest absolute Gasteiger partial charge is 0.330 e. The number of hydrogen-bond donors (Lipinski definition) is 2. The lowest BCUT2D eigenvalue weighted by Crippen LogP contribution is -2.55. The highest BCUT2D eigenvalue weighted by Crippen LogP contribution is 2.31. The van der Waals surface area contributed by atoms with Crippen LogP contribution in [0, 0.1) is 11.8 Å². The fourth-order valence-electron chi connectivity index (χ4n) is 3.62. The van der Waals surface area contributed by atoms with E-state index in [0.717, 1.165) is 16.7 Å². The molecule has 0 unspecified atom stereocenters. The van der Waals surface area contributed by atoms with Crippen molar-refractivity contribution in [1.29, 1.82) is 0 Å². The van der Waals surface area contributed by atoms with Crippen molar-refractivity contribution < 1.29 is 14.7 Å². The number of carbonyl (C=O) groups excluding carboxylic acids is 1. The molecular weight excluding hydrogens is 398 g/mol. The molecule has 4 rings (SSSR count). The third-order valence-electron chi connectivity index (χ3n) is 5.21. The largest absolute Gasteiger partial charge is 0.479 e. The van der Waals surface area contributed by atoms with E-state index in [1.54, 1.807) is 18.2 Å². The number of benzene rings is 3. The molecule has 0 fully saturated rings. The molecule has 1 amide bonds. The van der Waals surface area contributed by atoms with E-state index < -0.39 is 17.4 Å². The zero-order valence-electron chi connectivity index (χ0n) is 16.0. The van der Waals surface area contributed by atoms with Crippen LogP contribution in [0.2, 0.25) is 5.02 Å². The highest BCUT2D eigenvalue weighted by atomic mass is 35.5. The third-order valence-corrected chi connectivity index (χ3v) is 5.54. The monoisotopic (exact) mass is 415 g/mol. The second-order valence-corrected chi connectivity index (χ2v) is 7.68. The van der Waals surface area contributed by atoms with Crippen molar-refractivity contribution in [3.63, 3.8) is 0 Å². The van der Waals surface area contributed by atoms with Crippen LogP contribution >= 0.6 is 11.6 Å². The van der Waals surface area contributed by atoms with Gasteiger partial charge >= 0.3 is 5.97 Å². The molecule has 1 aliphatic rings. The van der Waals surface area contributed by atoms with Gasteiger partial charge in [0.1, 0.15) is 5.54 Å². The molecule has 3 aromatic rings. The van der Waals surface area contributed by atoms with Crippen LogP contribution in [0.25, 0.3) is 0 Å². The summed E-state index contributed by atoms with van der Waals surface area (Å²) in [4.78, 5) is 25.0. The Morgan fingerprint density at radius 3 is 2.17 bits per heavy atom. The summed E-state index contributed by atoms with van der Waals surface area (Å²) in [5.41, 5.74) is 2.16. The standard InChI is InChI=1S/C25H18ClNO3/c26-22-13-12-19(14-18(22)11-10-17-6-2-1-3-7-17)23(28)27-25(24(29)30)15-20-8-4-5-9-21(20)16-25/h1-9,12-14H,15-16H2,(H,27,28)(H,29,30). The highest BCUT2D eigenvalue weighted by molar-refractivity contribution is 6.31. The first-order chi connectivity index (χ1) is 14.5. The number of nitrogens with one attached hydrogen (secondary N) is 1. The second-order valence-electron chi connectivity index (χ2n) is 7.27. The molecule has 0 aromatic heterocycles. The minimum absolute atomic E-state index is 0.249. The van der Waals surface area contributed by atoms with Crippen molar-refractivity contribution >= 4 is 23.5 Å². The van der Waals surface area contributed by atoms with Crippen molar-refractivity contribution in [2.75, 3.05) is 0 Å². The van der Waals surface area contributed by atoms with Crippen molar-refractivity contribution in [3.05, 3.63) is 106 Å². The molecule has 3 aromatic carbocycles. The van der Waals surface area contributed by atoms with Crippen molar-refractivity contribution in [1.82, 2.24) is 5.32 Å². The van der Waals surface area contributed by atoms with Gasteiger partial charge in [-0.15, -0.1) is 0 Å². The van der Waals surface area contributed by atoms with Crippen molar-refractivity contribution in [2.24, 2.45) is 0 Å². The second kappa shape index (κ2) is 8.06. The maximum Gasteiger partial charge on any atom is 0.330 e. The van der Waals surface area contributed by atoms with Gasteiger partial charge in [0, 0.05) is 29.5 Å². The van der Waals surface area contributed by atoms with Crippen molar-refractivity contribution in [3.8, 4) is 11.8 Å². The molecule has 0 bridgehead atoms. The topological polar surface area (TPSA) is 66.4 Å². The normalized spacial score (nSPS) is 13.6. The first-order valence-electron chi connectivity index (χ1n) is 9.46. The van der Waals surface area contributed by atoms with Gasteiger partial charge < -0.3 is 10.4 Å². The molecule has 0 spiro atoms. The number of carboxylic acid groups (broad SMARTS) is 1. The number of aliphatic carboxylic acids is 1. The highest BCUT2D eigenvalue weighted by Gasteiger charge is 2.45. The Kier molecular flexibility index (Phi) is 5.31. The SMILES string of the molecule is O=C(NC1(C(=O)O)Cc2ccccc2C1)c1ccc(Cl)c(C#Cc2ccccc2)c1.